The number of rotatable bonds is 6. The molecule has 1 amide bonds. The van der Waals surface area contributed by atoms with Gasteiger partial charge in [0.1, 0.15) is 0 Å². The van der Waals surface area contributed by atoms with E-state index < -0.39 is 0 Å². The number of nitrogen functional groups attached to an aromatic ring is 1. The SMILES string of the molecule is CCOC(=O)C1CCCN(CC(=O)Nc2ccc(CC)c(N)c2)C1. The number of carbonyl (C=O) groups excluding carboxylic acids is 2. The lowest BCUT2D eigenvalue weighted by Gasteiger charge is -2.30. The number of ether oxygens (including phenoxy) is 1. The second kappa shape index (κ2) is 8.68. The van der Waals surface area contributed by atoms with E-state index in [0.717, 1.165) is 31.4 Å². The molecule has 24 heavy (non-hydrogen) atoms. The second-order valence-corrected chi connectivity index (χ2v) is 6.14. The van der Waals surface area contributed by atoms with E-state index >= 15 is 0 Å². The van der Waals surface area contributed by atoms with E-state index in [1.54, 1.807) is 6.07 Å². The van der Waals surface area contributed by atoms with Gasteiger partial charge in [0, 0.05) is 17.9 Å². The maximum absolute atomic E-state index is 12.2. The average Bonchev–Trinajstić information content (AvgIpc) is 2.55. The molecule has 6 heteroatoms. The molecule has 0 aliphatic carbocycles. The van der Waals surface area contributed by atoms with E-state index in [0.29, 0.717) is 24.5 Å². The van der Waals surface area contributed by atoms with Crippen LogP contribution in [0.15, 0.2) is 18.2 Å². The number of piperidine rings is 1. The maximum atomic E-state index is 12.2. The largest absolute Gasteiger partial charge is 0.466 e. The zero-order valence-electron chi connectivity index (χ0n) is 14.5. The maximum Gasteiger partial charge on any atom is 0.310 e. The minimum atomic E-state index is -0.162. The van der Waals surface area contributed by atoms with Crippen molar-refractivity contribution in [1.82, 2.24) is 4.90 Å². The molecular weight excluding hydrogens is 306 g/mol. The summed E-state index contributed by atoms with van der Waals surface area (Å²) in [6.07, 6.45) is 2.59. The predicted molar refractivity (Wildman–Crippen MR) is 94.7 cm³/mol. The topological polar surface area (TPSA) is 84.7 Å². The number of anilines is 2. The number of nitrogens with one attached hydrogen (secondary N) is 1. The Bertz CT molecular complexity index is 589. The molecule has 0 radical (unpaired) electrons. The van der Waals surface area contributed by atoms with Crippen molar-refractivity contribution in [2.45, 2.75) is 33.1 Å². The molecule has 1 saturated heterocycles. The fraction of sp³-hybridized carbons (Fsp3) is 0.556. The molecule has 1 aliphatic heterocycles. The van der Waals surface area contributed by atoms with E-state index in [2.05, 4.69) is 5.32 Å². The summed E-state index contributed by atoms with van der Waals surface area (Å²) in [7, 11) is 0. The highest BCUT2D eigenvalue weighted by Gasteiger charge is 2.27. The molecular formula is C18H27N3O3. The van der Waals surface area contributed by atoms with Crippen LogP contribution in [0.2, 0.25) is 0 Å². The van der Waals surface area contributed by atoms with Gasteiger partial charge in [-0.3, -0.25) is 14.5 Å². The monoisotopic (exact) mass is 333 g/mol. The Morgan fingerprint density at radius 1 is 1.38 bits per heavy atom. The van der Waals surface area contributed by atoms with Crippen molar-refractivity contribution in [3.8, 4) is 0 Å². The molecule has 1 fully saturated rings. The molecule has 0 spiro atoms. The number of amides is 1. The van der Waals surface area contributed by atoms with Gasteiger partial charge >= 0.3 is 5.97 Å². The Hall–Kier alpha value is -2.08. The van der Waals surface area contributed by atoms with Crippen LogP contribution in [0, 0.1) is 5.92 Å². The first-order valence-corrected chi connectivity index (χ1v) is 8.60. The van der Waals surface area contributed by atoms with Gasteiger partial charge in [-0.1, -0.05) is 13.0 Å². The molecule has 6 nitrogen and oxygen atoms in total. The molecule has 1 aromatic rings. The first-order chi connectivity index (χ1) is 11.5. The average molecular weight is 333 g/mol. The Morgan fingerprint density at radius 2 is 2.17 bits per heavy atom. The molecule has 3 N–H and O–H groups in total. The highest BCUT2D eigenvalue weighted by molar-refractivity contribution is 5.92. The Balaban J connectivity index is 1.87. The summed E-state index contributed by atoms with van der Waals surface area (Å²) >= 11 is 0. The van der Waals surface area contributed by atoms with Crippen molar-refractivity contribution in [2.75, 3.05) is 37.3 Å². The molecule has 1 atom stereocenters. The van der Waals surface area contributed by atoms with Crippen molar-refractivity contribution in [1.29, 1.82) is 0 Å². The van der Waals surface area contributed by atoms with Crippen LogP contribution in [0.4, 0.5) is 11.4 Å². The van der Waals surface area contributed by atoms with E-state index in [4.69, 9.17) is 10.5 Å². The first-order valence-electron chi connectivity index (χ1n) is 8.60. The van der Waals surface area contributed by atoms with Gasteiger partial charge in [-0.15, -0.1) is 0 Å². The molecule has 2 rings (SSSR count). The van der Waals surface area contributed by atoms with Crippen LogP contribution in [-0.4, -0.2) is 43.0 Å². The normalized spacial score (nSPS) is 18.2. The molecule has 0 saturated carbocycles. The number of benzene rings is 1. The van der Waals surface area contributed by atoms with Crippen molar-refractivity contribution in [2.24, 2.45) is 5.92 Å². The van der Waals surface area contributed by atoms with Gasteiger partial charge in [0.25, 0.3) is 0 Å². The third kappa shape index (κ3) is 4.96. The van der Waals surface area contributed by atoms with Crippen LogP contribution < -0.4 is 11.1 Å². The Kier molecular flexibility index (Phi) is 6.61. The zero-order chi connectivity index (χ0) is 17.5. The van der Waals surface area contributed by atoms with Crippen molar-refractivity contribution in [3.05, 3.63) is 23.8 Å². The quantitative estimate of drug-likeness (QED) is 0.615. The fourth-order valence-corrected chi connectivity index (χ4v) is 3.05. The number of esters is 1. The molecule has 132 valence electrons. The number of hydrogen-bond donors (Lipinski definition) is 2. The van der Waals surface area contributed by atoms with Crippen LogP contribution in [0.3, 0.4) is 0 Å². The van der Waals surface area contributed by atoms with E-state index in [1.807, 2.05) is 30.9 Å². The minimum Gasteiger partial charge on any atom is -0.466 e. The molecule has 0 aromatic heterocycles. The van der Waals surface area contributed by atoms with Gasteiger partial charge in [0.2, 0.25) is 5.91 Å². The summed E-state index contributed by atoms with van der Waals surface area (Å²) in [5.74, 6) is -0.389. The molecule has 1 aromatic carbocycles. The van der Waals surface area contributed by atoms with Gasteiger partial charge in [0.05, 0.1) is 19.1 Å². The van der Waals surface area contributed by atoms with Crippen molar-refractivity contribution >= 4 is 23.3 Å². The van der Waals surface area contributed by atoms with Gasteiger partial charge in [-0.05, 0) is 50.4 Å². The van der Waals surface area contributed by atoms with E-state index in [1.165, 1.54) is 0 Å². The van der Waals surface area contributed by atoms with Crippen molar-refractivity contribution < 1.29 is 14.3 Å². The lowest BCUT2D eigenvalue weighted by molar-refractivity contribution is -0.150. The van der Waals surface area contributed by atoms with Crippen LogP contribution in [0.1, 0.15) is 32.3 Å². The molecule has 0 bridgehead atoms. The number of likely N-dealkylation sites (tertiary alicyclic amines) is 1. The lowest BCUT2D eigenvalue weighted by atomic mass is 9.98. The summed E-state index contributed by atoms with van der Waals surface area (Å²) in [5, 5.41) is 2.87. The zero-order valence-corrected chi connectivity index (χ0v) is 14.5. The van der Waals surface area contributed by atoms with Crippen LogP contribution in [0.25, 0.3) is 0 Å². The second-order valence-electron chi connectivity index (χ2n) is 6.14. The standard InChI is InChI=1S/C18H27N3O3/c1-3-13-7-8-15(10-16(13)19)20-17(22)12-21-9-5-6-14(11-21)18(23)24-4-2/h7-8,10,14H,3-6,9,11-12,19H2,1-2H3,(H,20,22). The fourth-order valence-electron chi connectivity index (χ4n) is 3.05. The summed E-state index contributed by atoms with van der Waals surface area (Å²) in [6, 6.07) is 5.59. The molecule has 1 aliphatic rings. The highest BCUT2D eigenvalue weighted by Crippen LogP contribution is 2.20. The first kappa shape index (κ1) is 18.3. The highest BCUT2D eigenvalue weighted by atomic mass is 16.5. The summed E-state index contributed by atoms with van der Waals surface area (Å²) in [6.45, 7) is 5.90. The van der Waals surface area contributed by atoms with Crippen LogP contribution >= 0.6 is 0 Å². The van der Waals surface area contributed by atoms with Gasteiger partial charge in [-0.25, -0.2) is 0 Å². The number of hydrogen-bond acceptors (Lipinski definition) is 5. The third-order valence-electron chi connectivity index (χ3n) is 4.30. The number of nitrogens with zero attached hydrogens (tertiary/aromatic N) is 1. The number of carbonyl (C=O) groups is 2. The predicted octanol–water partition coefficient (Wildman–Crippen LogP) is 2.04. The number of nitrogens with two attached hydrogens (primary N) is 1. The summed E-state index contributed by atoms with van der Waals surface area (Å²) < 4.78 is 5.09. The van der Waals surface area contributed by atoms with E-state index in [9.17, 15) is 9.59 Å². The molecule has 1 heterocycles. The summed E-state index contributed by atoms with van der Waals surface area (Å²) in [5.41, 5.74) is 8.42. The number of aryl methyl sites for hydroxylation is 1. The van der Waals surface area contributed by atoms with E-state index in [-0.39, 0.29) is 24.3 Å². The third-order valence-corrected chi connectivity index (χ3v) is 4.30. The van der Waals surface area contributed by atoms with Crippen molar-refractivity contribution in [3.63, 3.8) is 0 Å². The van der Waals surface area contributed by atoms with Crippen LogP contribution in [0.5, 0.6) is 0 Å². The van der Waals surface area contributed by atoms with Gasteiger partial charge in [-0.2, -0.15) is 0 Å². The minimum absolute atomic E-state index is 0.0943. The van der Waals surface area contributed by atoms with Gasteiger partial charge < -0.3 is 15.8 Å². The Labute approximate surface area is 143 Å². The summed E-state index contributed by atoms with van der Waals surface area (Å²) in [4.78, 5) is 26.1. The molecule has 1 unspecified atom stereocenters. The lowest BCUT2D eigenvalue weighted by Crippen LogP contribution is -2.43. The van der Waals surface area contributed by atoms with Gasteiger partial charge in [0.15, 0.2) is 0 Å². The van der Waals surface area contributed by atoms with Crippen LogP contribution in [-0.2, 0) is 20.7 Å². The smallest absolute Gasteiger partial charge is 0.310 e. The Morgan fingerprint density at radius 3 is 2.83 bits per heavy atom.